The zero-order chi connectivity index (χ0) is 14.7. The van der Waals surface area contributed by atoms with Gasteiger partial charge in [-0.25, -0.2) is 4.98 Å². The first-order valence-corrected chi connectivity index (χ1v) is 6.49. The molecule has 1 aromatic heterocycles. The lowest BCUT2D eigenvalue weighted by Crippen LogP contribution is -2.12. The van der Waals surface area contributed by atoms with Crippen molar-refractivity contribution < 1.29 is 4.74 Å². The van der Waals surface area contributed by atoms with Crippen LogP contribution >= 0.6 is 0 Å². The molecule has 5 heteroatoms. The minimum atomic E-state index is 0.528. The van der Waals surface area contributed by atoms with Gasteiger partial charge in [0.05, 0.1) is 0 Å². The molecular weight excluding hydrogens is 252 g/mol. The number of nitrogens with two attached hydrogens (primary N) is 1. The quantitative estimate of drug-likeness (QED) is 0.926. The minimum Gasteiger partial charge on any atom is -0.438 e. The maximum absolute atomic E-state index is 5.91. The maximum Gasteiger partial charge on any atom is 0.228 e. The lowest BCUT2D eigenvalue weighted by atomic mass is 10.1. The van der Waals surface area contributed by atoms with Crippen LogP contribution in [0.2, 0.25) is 0 Å². The third kappa shape index (κ3) is 3.05. The molecule has 1 heterocycles. The van der Waals surface area contributed by atoms with Gasteiger partial charge in [-0.05, 0) is 30.5 Å². The van der Waals surface area contributed by atoms with Gasteiger partial charge in [0.1, 0.15) is 5.75 Å². The largest absolute Gasteiger partial charge is 0.438 e. The molecule has 0 unspecified atom stereocenters. The van der Waals surface area contributed by atoms with Crippen LogP contribution in [-0.2, 0) is 6.54 Å². The highest BCUT2D eigenvalue weighted by Crippen LogP contribution is 2.29. The van der Waals surface area contributed by atoms with Gasteiger partial charge >= 0.3 is 0 Å². The predicted octanol–water partition coefficient (Wildman–Crippen LogP) is 2.41. The summed E-state index contributed by atoms with van der Waals surface area (Å²) >= 11 is 0. The summed E-state index contributed by atoms with van der Waals surface area (Å²) in [6.07, 6.45) is 1.69. The molecule has 106 valence electrons. The van der Waals surface area contributed by atoms with Crippen molar-refractivity contribution in [1.82, 2.24) is 9.97 Å². The number of hydrogen-bond donors (Lipinski definition) is 1. The highest BCUT2D eigenvalue weighted by atomic mass is 16.5. The first-order valence-electron chi connectivity index (χ1n) is 6.49. The van der Waals surface area contributed by atoms with Crippen molar-refractivity contribution in [2.45, 2.75) is 20.4 Å². The van der Waals surface area contributed by atoms with E-state index in [2.05, 4.69) is 9.97 Å². The smallest absolute Gasteiger partial charge is 0.228 e. The summed E-state index contributed by atoms with van der Waals surface area (Å²) in [5.41, 5.74) is 8.88. The van der Waals surface area contributed by atoms with E-state index in [-0.39, 0.29) is 0 Å². The highest BCUT2D eigenvalue weighted by molar-refractivity contribution is 5.45. The van der Waals surface area contributed by atoms with Crippen molar-refractivity contribution in [1.29, 1.82) is 0 Å². The van der Waals surface area contributed by atoms with E-state index in [4.69, 9.17) is 10.5 Å². The van der Waals surface area contributed by atoms with Gasteiger partial charge in [-0.15, -0.1) is 0 Å². The topological polar surface area (TPSA) is 64.3 Å². The average Bonchev–Trinajstić information content (AvgIpc) is 2.42. The Balaban J connectivity index is 2.32. The molecule has 20 heavy (non-hydrogen) atoms. The second-order valence-corrected chi connectivity index (χ2v) is 4.95. The summed E-state index contributed by atoms with van der Waals surface area (Å²) in [6.45, 7) is 4.55. The number of aromatic nitrogens is 2. The molecule has 5 nitrogen and oxygen atoms in total. The zero-order valence-electron chi connectivity index (χ0n) is 12.3. The predicted molar refractivity (Wildman–Crippen MR) is 80.2 cm³/mol. The molecule has 0 aliphatic heterocycles. The van der Waals surface area contributed by atoms with Gasteiger partial charge in [-0.1, -0.05) is 12.1 Å². The molecule has 0 bridgehead atoms. The number of anilines is 1. The van der Waals surface area contributed by atoms with Gasteiger partial charge in [0.15, 0.2) is 0 Å². The Labute approximate surface area is 119 Å². The van der Waals surface area contributed by atoms with Crippen LogP contribution in [0.5, 0.6) is 11.6 Å². The van der Waals surface area contributed by atoms with Crippen LogP contribution in [0.15, 0.2) is 24.4 Å². The van der Waals surface area contributed by atoms with Crippen molar-refractivity contribution >= 4 is 5.95 Å². The van der Waals surface area contributed by atoms with E-state index in [1.165, 1.54) is 0 Å². The van der Waals surface area contributed by atoms with Crippen LogP contribution in [-0.4, -0.2) is 24.1 Å². The fourth-order valence-electron chi connectivity index (χ4n) is 2.03. The molecule has 0 aliphatic rings. The molecule has 2 aromatic rings. The number of hydrogen-bond acceptors (Lipinski definition) is 5. The van der Waals surface area contributed by atoms with Crippen molar-refractivity contribution in [3.63, 3.8) is 0 Å². The van der Waals surface area contributed by atoms with Crippen LogP contribution in [0.1, 0.15) is 16.7 Å². The van der Waals surface area contributed by atoms with Gasteiger partial charge in [0.25, 0.3) is 0 Å². The number of rotatable bonds is 4. The number of ether oxygens (including phenoxy) is 1. The lowest BCUT2D eigenvalue weighted by Gasteiger charge is -2.14. The second kappa shape index (κ2) is 5.88. The molecule has 2 rings (SSSR count). The lowest BCUT2D eigenvalue weighted by molar-refractivity contribution is 0.454. The second-order valence-electron chi connectivity index (χ2n) is 4.95. The molecule has 0 radical (unpaired) electrons. The fourth-order valence-corrected chi connectivity index (χ4v) is 2.03. The third-order valence-electron chi connectivity index (χ3n) is 2.98. The maximum atomic E-state index is 5.91. The first kappa shape index (κ1) is 14.3. The molecule has 0 amide bonds. The Bertz CT molecular complexity index is 588. The highest BCUT2D eigenvalue weighted by Gasteiger charge is 2.09. The Hall–Kier alpha value is -2.14. The van der Waals surface area contributed by atoms with E-state index < -0.39 is 0 Å². The number of aryl methyl sites for hydroxylation is 2. The van der Waals surface area contributed by atoms with E-state index >= 15 is 0 Å². The van der Waals surface area contributed by atoms with Crippen LogP contribution in [0, 0.1) is 13.8 Å². The molecule has 0 spiro atoms. The van der Waals surface area contributed by atoms with Crippen molar-refractivity contribution in [3.05, 3.63) is 41.1 Å². The van der Waals surface area contributed by atoms with Gasteiger partial charge in [-0.2, -0.15) is 4.98 Å². The molecule has 1 aromatic carbocycles. The van der Waals surface area contributed by atoms with Crippen molar-refractivity contribution in [2.24, 2.45) is 5.73 Å². The van der Waals surface area contributed by atoms with E-state index in [9.17, 15) is 0 Å². The average molecular weight is 272 g/mol. The molecule has 0 atom stereocenters. The Morgan fingerprint density at radius 1 is 1.20 bits per heavy atom. The first-order chi connectivity index (χ1) is 9.51. The van der Waals surface area contributed by atoms with Crippen LogP contribution in [0.3, 0.4) is 0 Å². The number of benzene rings is 1. The van der Waals surface area contributed by atoms with Crippen LogP contribution in [0.4, 0.5) is 5.95 Å². The Morgan fingerprint density at radius 3 is 2.40 bits per heavy atom. The molecule has 0 aliphatic carbocycles. The molecule has 2 N–H and O–H groups in total. The van der Waals surface area contributed by atoms with E-state index in [0.717, 1.165) is 22.4 Å². The van der Waals surface area contributed by atoms with E-state index in [1.807, 2.05) is 45.0 Å². The standard InChI is InChI=1S/C15H20N4O/c1-10-7-12(9-16)8-11(2)14(10)20-13-5-6-17-15(18-13)19(3)4/h5-8H,9,16H2,1-4H3. The summed E-state index contributed by atoms with van der Waals surface area (Å²) in [6, 6.07) is 5.83. The SMILES string of the molecule is Cc1cc(CN)cc(C)c1Oc1ccnc(N(C)C)n1. The number of nitrogens with zero attached hydrogens (tertiary/aromatic N) is 3. The van der Waals surface area contributed by atoms with Crippen LogP contribution in [0.25, 0.3) is 0 Å². The van der Waals surface area contributed by atoms with Gasteiger partial charge in [0.2, 0.25) is 11.8 Å². The monoisotopic (exact) mass is 272 g/mol. The zero-order valence-corrected chi connectivity index (χ0v) is 12.3. The van der Waals surface area contributed by atoms with Gasteiger partial charge in [-0.3, -0.25) is 0 Å². The van der Waals surface area contributed by atoms with Gasteiger partial charge < -0.3 is 15.4 Å². The fraction of sp³-hybridized carbons (Fsp3) is 0.333. The van der Waals surface area contributed by atoms with Crippen molar-refractivity contribution in [2.75, 3.05) is 19.0 Å². The summed E-state index contributed by atoms with van der Waals surface area (Å²) in [4.78, 5) is 10.4. The minimum absolute atomic E-state index is 0.528. The summed E-state index contributed by atoms with van der Waals surface area (Å²) in [5, 5.41) is 0. The molecule has 0 saturated carbocycles. The van der Waals surface area contributed by atoms with E-state index in [0.29, 0.717) is 18.4 Å². The van der Waals surface area contributed by atoms with Crippen molar-refractivity contribution in [3.8, 4) is 11.6 Å². The summed E-state index contributed by atoms with van der Waals surface area (Å²) < 4.78 is 5.91. The molecular formula is C15H20N4O. The van der Waals surface area contributed by atoms with Gasteiger partial charge in [0, 0.05) is 32.9 Å². The van der Waals surface area contributed by atoms with Crippen LogP contribution < -0.4 is 15.4 Å². The van der Waals surface area contributed by atoms with E-state index in [1.54, 1.807) is 12.3 Å². The normalized spacial score (nSPS) is 10.4. The molecule has 0 saturated heterocycles. The Kier molecular flexibility index (Phi) is 4.20. The summed E-state index contributed by atoms with van der Waals surface area (Å²) in [7, 11) is 3.79. The Morgan fingerprint density at radius 2 is 1.85 bits per heavy atom. The summed E-state index contributed by atoms with van der Waals surface area (Å²) in [5.74, 6) is 1.98. The third-order valence-corrected chi connectivity index (χ3v) is 2.98. The molecule has 0 fully saturated rings.